The molecule has 0 radical (unpaired) electrons. The Bertz CT molecular complexity index is 1450. The van der Waals surface area contributed by atoms with E-state index in [1.165, 1.54) is 19.3 Å². The predicted molar refractivity (Wildman–Crippen MR) is 149 cm³/mol. The molecule has 5 atom stereocenters. The van der Waals surface area contributed by atoms with Crippen molar-refractivity contribution >= 4 is 42.8 Å². The Morgan fingerprint density at radius 2 is 1.70 bits per heavy atom. The van der Waals surface area contributed by atoms with Crippen LogP contribution < -0.4 is 10.0 Å². The zero-order valence-corrected chi connectivity index (χ0v) is 23.7. The number of H-pyrrole nitrogens is 1. The van der Waals surface area contributed by atoms with Crippen LogP contribution in [0.15, 0.2) is 64.1 Å². The Labute approximate surface area is 227 Å². The van der Waals surface area contributed by atoms with E-state index < -0.39 is 16.1 Å². The van der Waals surface area contributed by atoms with Gasteiger partial charge in [-0.2, -0.15) is 4.72 Å². The lowest BCUT2D eigenvalue weighted by molar-refractivity contribution is -0.140. The first kappa shape index (κ1) is 25.1. The van der Waals surface area contributed by atoms with E-state index in [4.69, 9.17) is 0 Å². The lowest BCUT2D eigenvalue weighted by Gasteiger charge is -2.65. The van der Waals surface area contributed by atoms with Gasteiger partial charge >= 0.3 is 0 Å². The summed E-state index contributed by atoms with van der Waals surface area (Å²) in [4.78, 5) is 17.4. The topological polar surface area (TPSA) is 91.1 Å². The van der Waals surface area contributed by atoms with Gasteiger partial charge in [0.05, 0.1) is 4.90 Å². The summed E-state index contributed by atoms with van der Waals surface area (Å²) in [5.41, 5.74) is 2.10. The molecular weight excluding hydrogens is 550 g/mol. The average molecular weight is 585 g/mol. The smallest absolute Gasteiger partial charge is 0.241 e. The van der Waals surface area contributed by atoms with Gasteiger partial charge in [0, 0.05) is 27.1 Å². The maximum atomic E-state index is 14.0. The van der Waals surface area contributed by atoms with Crippen molar-refractivity contribution in [3.05, 3.63) is 64.8 Å². The fraction of sp³-hybridized carbons (Fsp3) is 0.483. The Hall–Kier alpha value is -2.16. The minimum atomic E-state index is -3.91. The molecular formula is C29H34BrN3O3S. The number of benzene rings is 2. The van der Waals surface area contributed by atoms with Crippen molar-refractivity contribution in [1.82, 2.24) is 15.0 Å². The zero-order valence-electron chi connectivity index (χ0n) is 21.3. The SMILES string of the molecule is C[C@]12CC3C[C@](C)(C1)C[C@@](NC(=O)[C@H](Cc1c[nH]c4ccccc14)NS(=O)(=O)c1ccc(Br)cc1)(C3)C2. The minimum Gasteiger partial charge on any atom is -0.361 e. The summed E-state index contributed by atoms with van der Waals surface area (Å²) in [5.74, 6) is 0.387. The normalized spacial score (nSPS) is 31.5. The van der Waals surface area contributed by atoms with Gasteiger partial charge in [-0.05, 0) is 97.6 Å². The van der Waals surface area contributed by atoms with Gasteiger partial charge in [0.2, 0.25) is 15.9 Å². The van der Waals surface area contributed by atoms with Crippen molar-refractivity contribution in [3.63, 3.8) is 0 Å². The number of para-hydroxylation sites is 1. The summed E-state index contributed by atoms with van der Waals surface area (Å²) >= 11 is 3.36. The van der Waals surface area contributed by atoms with Gasteiger partial charge in [0.15, 0.2) is 0 Å². The number of aromatic amines is 1. The van der Waals surface area contributed by atoms with Crippen molar-refractivity contribution in [2.75, 3.05) is 0 Å². The Morgan fingerprint density at radius 1 is 1.03 bits per heavy atom. The number of halogens is 1. The van der Waals surface area contributed by atoms with Crippen molar-refractivity contribution in [2.45, 2.75) is 75.3 Å². The van der Waals surface area contributed by atoms with Gasteiger partial charge < -0.3 is 10.3 Å². The highest BCUT2D eigenvalue weighted by Crippen LogP contribution is 2.66. The number of rotatable bonds is 7. The fourth-order valence-corrected chi connectivity index (χ4v) is 9.97. The second kappa shape index (κ2) is 8.68. The molecule has 37 heavy (non-hydrogen) atoms. The number of fused-ring (bicyclic) bond motifs is 1. The molecule has 4 bridgehead atoms. The average Bonchev–Trinajstić information content (AvgIpc) is 3.19. The van der Waals surface area contributed by atoms with Crippen LogP contribution in [0.5, 0.6) is 0 Å². The van der Waals surface area contributed by atoms with E-state index in [2.05, 4.69) is 44.8 Å². The van der Waals surface area contributed by atoms with Crippen molar-refractivity contribution in [2.24, 2.45) is 16.7 Å². The summed E-state index contributed by atoms with van der Waals surface area (Å²) in [7, 11) is -3.91. The number of aromatic nitrogens is 1. The minimum absolute atomic E-state index is 0.141. The summed E-state index contributed by atoms with van der Waals surface area (Å²) in [6.45, 7) is 4.74. The van der Waals surface area contributed by atoms with Crippen LogP contribution in [-0.4, -0.2) is 30.9 Å². The Balaban J connectivity index is 1.31. The molecule has 1 aromatic heterocycles. The zero-order chi connectivity index (χ0) is 26.1. The van der Waals surface area contributed by atoms with Crippen molar-refractivity contribution in [1.29, 1.82) is 0 Å². The van der Waals surface area contributed by atoms with Crippen LogP contribution in [0.25, 0.3) is 10.9 Å². The molecule has 4 fully saturated rings. The van der Waals surface area contributed by atoms with E-state index in [0.717, 1.165) is 40.2 Å². The van der Waals surface area contributed by atoms with Gasteiger partial charge in [0.1, 0.15) is 6.04 Å². The van der Waals surface area contributed by atoms with E-state index in [1.807, 2.05) is 30.5 Å². The lowest BCUT2D eigenvalue weighted by atomic mass is 9.43. The molecule has 8 heteroatoms. The third kappa shape index (κ3) is 4.77. The molecule has 0 aliphatic heterocycles. The largest absolute Gasteiger partial charge is 0.361 e. The van der Waals surface area contributed by atoms with Crippen LogP contribution >= 0.6 is 15.9 Å². The number of carbonyl (C=O) groups is 1. The molecule has 3 aromatic rings. The number of nitrogens with one attached hydrogen (secondary N) is 3. The summed E-state index contributed by atoms with van der Waals surface area (Å²) in [5, 5.41) is 4.43. The highest BCUT2D eigenvalue weighted by Gasteiger charge is 2.60. The molecule has 4 aliphatic rings. The highest BCUT2D eigenvalue weighted by molar-refractivity contribution is 9.10. The molecule has 7 rings (SSSR count). The van der Waals surface area contributed by atoms with E-state index in [1.54, 1.807) is 24.3 Å². The summed E-state index contributed by atoms with van der Waals surface area (Å²) in [6.07, 6.45) is 8.75. The van der Waals surface area contributed by atoms with E-state index >= 15 is 0 Å². The molecule has 0 spiro atoms. The van der Waals surface area contributed by atoms with Crippen LogP contribution in [-0.2, 0) is 21.2 Å². The molecule has 3 N–H and O–H groups in total. The number of amides is 1. The van der Waals surface area contributed by atoms with Crippen molar-refractivity contribution < 1.29 is 13.2 Å². The quantitative estimate of drug-likeness (QED) is 0.334. The molecule has 1 unspecified atom stereocenters. The Morgan fingerprint density at radius 3 is 2.38 bits per heavy atom. The molecule has 4 aliphatic carbocycles. The molecule has 1 heterocycles. The number of hydrogen-bond donors (Lipinski definition) is 3. The fourth-order valence-electron chi connectivity index (χ4n) is 8.51. The van der Waals surface area contributed by atoms with Crippen LogP contribution in [0, 0.1) is 16.7 Å². The van der Waals surface area contributed by atoms with Gasteiger partial charge in [-0.3, -0.25) is 4.79 Å². The number of sulfonamides is 1. The second-order valence-electron chi connectivity index (χ2n) is 12.6. The van der Waals surface area contributed by atoms with E-state index in [-0.39, 0.29) is 33.6 Å². The molecule has 1 amide bonds. The van der Waals surface area contributed by atoms with Gasteiger partial charge in [-0.15, -0.1) is 0 Å². The monoisotopic (exact) mass is 583 g/mol. The first-order chi connectivity index (χ1) is 17.5. The molecule has 0 saturated heterocycles. The van der Waals surface area contributed by atoms with Crippen molar-refractivity contribution in [3.8, 4) is 0 Å². The van der Waals surface area contributed by atoms with Gasteiger partial charge in [-0.25, -0.2) is 8.42 Å². The number of hydrogen-bond acceptors (Lipinski definition) is 3. The molecule has 6 nitrogen and oxygen atoms in total. The molecule has 2 aromatic carbocycles. The van der Waals surface area contributed by atoms with E-state index in [9.17, 15) is 13.2 Å². The van der Waals surface area contributed by atoms with E-state index in [0.29, 0.717) is 5.92 Å². The Kier molecular flexibility index (Phi) is 5.90. The first-order valence-corrected chi connectivity index (χ1v) is 15.4. The summed E-state index contributed by atoms with van der Waals surface area (Å²) in [6, 6.07) is 13.5. The third-order valence-corrected chi connectivity index (χ3v) is 10.9. The molecule has 4 saturated carbocycles. The van der Waals surface area contributed by atoms with Gasteiger partial charge in [0.25, 0.3) is 0 Å². The van der Waals surface area contributed by atoms with Gasteiger partial charge in [-0.1, -0.05) is 48.0 Å². The first-order valence-electron chi connectivity index (χ1n) is 13.1. The maximum absolute atomic E-state index is 14.0. The second-order valence-corrected chi connectivity index (χ2v) is 15.2. The maximum Gasteiger partial charge on any atom is 0.241 e. The molecule has 196 valence electrons. The van der Waals surface area contributed by atoms with Crippen LogP contribution in [0.4, 0.5) is 0 Å². The van der Waals surface area contributed by atoms with Crippen LogP contribution in [0.1, 0.15) is 57.9 Å². The third-order valence-electron chi connectivity index (χ3n) is 8.85. The summed E-state index contributed by atoms with van der Waals surface area (Å²) < 4.78 is 30.4. The predicted octanol–water partition coefficient (Wildman–Crippen LogP) is 5.69. The number of carbonyl (C=O) groups excluding carboxylic acids is 1. The lowest BCUT2D eigenvalue weighted by Crippen LogP contribution is -2.67. The van der Waals surface area contributed by atoms with Crippen LogP contribution in [0.3, 0.4) is 0 Å². The van der Waals surface area contributed by atoms with Crippen LogP contribution in [0.2, 0.25) is 0 Å². The standard InChI is InChI=1S/C29H34BrN3O3S/c1-27-12-19-13-28(2,16-27)18-29(14-19,17-27)32-26(34)25(11-20-15-31-24-6-4-3-5-23(20)24)33-37(35,36)22-9-7-21(30)8-10-22/h3-10,15,19,25,31,33H,11-14,16-18H2,1-2H3,(H,32,34)/t19?,25-,27-,28+,29+/m0/s1. The highest BCUT2D eigenvalue weighted by atomic mass is 79.9.